The molecule has 0 radical (unpaired) electrons. The Bertz CT molecular complexity index is 1130. The minimum atomic E-state index is 0.300. The highest BCUT2D eigenvalue weighted by atomic mass is 16.3. The van der Waals surface area contributed by atoms with E-state index in [9.17, 15) is 5.11 Å². The third-order valence-electron chi connectivity index (χ3n) is 6.45. The molecule has 4 aromatic carbocycles. The molecule has 0 amide bonds. The summed E-state index contributed by atoms with van der Waals surface area (Å²) >= 11 is 0. The predicted octanol–water partition coefficient (Wildman–Crippen LogP) is 7.68. The van der Waals surface area contributed by atoms with E-state index in [0.29, 0.717) is 11.7 Å². The van der Waals surface area contributed by atoms with Gasteiger partial charge in [-0.25, -0.2) is 0 Å². The van der Waals surface area contributed by atoms with Crippen LogP contribution in [0.2, 0.25) is 0 Å². The van der Waals surface area contributed by atoms with Crippen LogP contribution in [-0.2, 0) is 19.3 Å². The molecule has 1 nitrogen and oxygen atoms in total. The Morgan fingerprint density at radius 3 is 1.53 bits per heavy atom. The van der Waals surface area contributed by atoms with E-state index in [0.717, 1.165) is 31.2 Å². The Balaban J connectivity index is 1.90. The van der Waals surface area contributed by atoms with Crippen molar-refractivity contribution in [1.82, 2.24) is 0 Å². The van der Waals surface area contributed by atoms with E-state index in [1.165, 1.54) is 33.4 Å². The molecule has 0 saturated carbocycles. The fraction of sp³-hybridized carbons (Fsp3) is 0.226. The topological polar surface area (TPSA) is 20.2 Å². The van der Waals surface area contributed by atoms with Crippen molar-refractivity contribution >= 4 is 0 Å². The van der Waals surface area contributed by atoms with Crippen molar-refractivity contribution in [1.29, 1.82) is 0 Å². The molecule has 32 heavy (non-hydrogen) atoms. The number of phenolic OH excluding ortho intramolecular Hbond substituents is 1. The molecule has 1 N–H and O–H groups in total. The van der Waals surface area contributed by atoms with Crippen LogP contribution >= 0.6 is 0 Å². The number of aromatic hydroxyl groups is 1. The first-order chi connectivity index (χ1) is 15.7. The van der Waals surface area contributed by atoms with Crippen molar-refractivity contribution in [2.45, 2.75) is 45.4 Å². The number of hydrogen-bond acceptors (Lipinski definition) is 1. The Kier molecular flexibility index (Phi) is 7.07. The van der Waals surface area contributed by atoms with Gasteiger partial charge in [-0.3, -0.25) is 0 Å². The normalized spacial score (nSPS) is 11.9. The van der Waals surface area contributed by atoms with Crippen molar-refractivity contribution in [3.8, 4) is 5.75 Å². The summed E-state index contributed by atoms with van der Waals surface area (Å²) in [5.74, 6) is 0.738. The van der Waals surface area contributed by atoms with Crippen molar-refractivity contribution in [2.24, 2.45) is 0 Å². The predicted molar refractivity (Wildman–Crippen MR) is 135 cm³/mol. The smallest absolute Gasteiger partial charge is 0.119 e. The summed E-state index contributed by atoms with van der Waals surface area (Å²) in [6, 6.07) is 33.9. The third-order valence-corrected chi connectivity index (χ3v) is 6.45. The maximum absolute atomic E-state index is 11.2. The van der Waals surface area contributed by atoms with Gasteiger partial charge in [-0.15, -0.1) is 0 Å². The van der Waals surface area contributed by atoms with Crippen LogP contribution in [0.5, 0.6) is 5.75 Å². The highest BCUT2D eigenvalue weighted by molar-refractivity contribution is 5.55. The average Bonchev–Trinajstić information content (AvgIpc) is 2.83. The maximum atomic E-state index is 11.2. The van der Waals surface area contributed by atoms with Crippen molar-refractivity contribution in [3.05, 3.63) is 136 Å². The molecule has 0 bridgehead atoms. The first-order valence-electron chi connectivity index (χ1n) is 11.6. The quantitative estimate of drug-likeness (QED) is 0.310. The van der Waals surface area contributed by atoms with Crippen LogP contribution in [0.3, 0.4) is 0 Å². The molecule has 1 unspecified atom stereocenters. The largest absolute Gasteiger partial charge is 0.508 e. The average molecular weight is 421 g/mol. The van der Waals surface area contributed by atoms with Gasteiger partial charge >= 0.3 is 0 Å². The van der Waals surface area contributed by atoms with Gasteiger partial charge in [-0.2, -0.15) is 0 Å². The summed E-state index contributed by atoms with van der Waals surface area (Å²) in [4.78, 5) is 0. The lowest BCUT2D eigenvalue weighted by Crippen LogP contribution is -2.10. The second-order valence-electron chi connectivity index (χ2n) is 8.72. The summed E-state index contributed by atoms with van der Waals surface area (Å²) in [6.45, 7) is 4.43. The molecule has 0 fully saturated rings. The van der Waals surface area contributed by atoms with Crippen LogP contribution in [0.25, 0.3) is 0 Å². The first kappa shape index (κ1) is 21.9. The molecule has 0 saturated heterocycles. The number of phenols is 1. The summed E-state index contributed by atoms with van der Waals surface area (Å²) in [6.07, 6.45) is 3.52. The molecular formula is C31H32O. The lowest BCUT2D eigenvalue weighted by molar-refractivity contribution is 0.459. The van der Waals surface area contributed by atoms with E-state index in [1.54, 1.807) is 0 Å². The number of hydrogen-bond donors (Lipinski definition) is 1. The van der Waals surface area contributed by atoms with Crippen molar-refractivity contribution < 1.29 is 5.11 Å². The zero-order valence-corrected chi connectivity index (χ0v) is 19.1. The van der Waals surface area contributed by atoms with Gasteiger partial charge in [0.2, 0.25) is 0 Å². The molecule has 0 aliphatic heterocycles. The Labute approximate surface area is 192 Å². The minimum Gasteiger partial charge on any atom is -0.508 e. The number of benzene rings is 4. The lowest BCUT2D eigenvalue weighted by Gasteiger charge is -2.24. The summed E-state index contributed by atoms with van der Waals surface area (Å²) in [5, 5.41) is 11.2. The summed E-state index contributed by atoms with van der Waals surface area (Å²) in [7, 11) is 0. The van der Waals surface area contributed by atoms with Crippen LogP contribution in [0.15, 0.2) is 97.1 Å². The van der Waals surface area contributed by atoms with E-state index in [2.05, 4.69) is 105 Å². The van der Waals surface area contributed by atoms with Gasteiger partial charge in [0.15, 0.2) is 0 Å². The molecule has 4 rings (SSSR count). The van der Waals surface area contributed by atoms with Gasteiger partial charge in [-0.1, -0.05) is 105 Å². The Morgan fingerprint density at radius 1 is 0.625 bits per heavy atom. The lowest BCUT2D eigenvalue weighted by atomic mass is 9.81. The Hall–Kier alpha value is -3.32. The van der Waals surface area contributed by atoms with Crippen molar-refractivity contribution in [2.75, 3.05) is 0 Å². The number of rotatable bonds is 8. The van der Waals surface area contributed by atoms with E-state index < -0.39 is 0 Å². The van der Waals surface area contributed by atoms with Gasteiger partial charge in [0.25, 0.3) is 0 Å². The zero-order valence-electron chi connectivity index (χ0n) is 19.1. The third kappa shape index (κ3) is 5.11. The van der Waals surface area contributed by atoms with Gasteiger partial charge in [0, 0.05) is 5.56 Å². The molecule has 162 valence electrons. The standard InChI is InChI=1S/C31H32O/c1-3-23(2)31-29(21-26-17-11-6-12-18-26)28(20-25-15-9-5-10-16-25)27(22-30(31)32)19-24-13-7-4-8-14-24/h4-18,22-23,32H,3,19-21H2,1-2H3. The van der Waals surface area contributed by atoms with Crippen LogP contribution in [0, 0.1) is 0 Å². The molecule has 0 heterocycles. The molecule has 0 aliphatic rings. The van der Waals surface area contributed by atoms with Crippen LogP contribution in [0.4, 0.5) is 0 Å². The van der Waals surface area contributed by atoms with Gasteiger partial charge in [-0.05, 0) is 71.0 Å². The van der Waals surface area contributed by atoms with E-state index in [4.69, 9.17) is 0 Å². The second-order valence-corrected chi connectivity index (χ2v) is 8.72. The van der Waals surface area contributed by atoms with Crippen LogP contribution in [-0.4, -0.2) is 5.11 Å². The maximum Gasteiger partial charge on any atom is 0.119 e. The molecule has 0 aliphatic carbocycles. The van der Waals surface area contributed by atoms with E-state index in [-0.39, 0.29) is 0 Å². The van der Waals surface area contributed by atoms with Gasteiger partial charge in [0.1, 0.15) is 5.75 Å². The zero-order chi connectivity index (χ0) is 22.3. The highest BCUT2D eigenvalue weighted by Gasteiger charge is 2.22. The van der Waals surface area contributed by atoms with Gasteiger partial charge < -0.3 is 5.11 Å². The second kappa shape index (κ2) is 10.3. The monoisotopic (exact) mass is 420 g/mol. The van der Waals surface area contributed by atoms with E-state index >= 15 is 0 Å². The fourth-order valence-corrected chi connectivity index (χ4v) is 4.59. The molecule has 0 spiro atoms. The highest BCUT2D eigenvalue weighted by Crippen LogP contribution is 2.38. The minimum absolute atomic E-state index is 0.300. The van der Waals surface area contributed by atoms with E-state index in [1.807, 2.05) is 6.07 Å². The molecule has 4 aromatic rings. The first-order valence-corrected chi connectivity index (χ1v) is 11.6. The fourth-order valence-electron chi connectivity index (χ4n) is 4.59. The molecule has 1 atom stereocenters. The molecule has 0 aromatic heterocycles. The van der Waals surface area contributed by atoms with Gasteiger partial charge in [0.05, 0.1) is 0 Å². The van der Waals surface area contributed by atoms with Crippen LogP contribution < -0.4 is 0 Å². The summed E-state index contributed by atoms with van der Waals surface area (Å²) < 4.78 is 0. The molecular weight excluding hydrogens is 388 g/mol. The molecule has 1 heteroatoms. The Morgan fingerprint density at radius 2 is 1.06 bits per heavy atom. The summed E-state index contributed by atoms with van der Waals surface area (Å²) in [5.41, 5.74) is 8.83. The van der Waals surface area contributed by atoms with Crippen molar-refractivity contribution in [3.63, 3.8) is 0 Å². The SMILES string of the molecule is CCC(C)c1c(O)cc(Cc2ccccc2)c(Cc2ccccc2)c1Cc1ccccc1. The van der Waals surface area contributed by atoms with Crippen LogP contribution in [0.1, 0.15) is 65.1 Å².